The highest BCUT2D eigenvalue weighted by Gasteiger charge is 2.22. The maximum absolute atomic E-state index is 10.7. The van der Waals surface area contributed by atoms with Crippen LogP contribution >= 0.6 is 27.3 Å². The topological polar surface area (TPSA) is 55.8 Å². The van der Waals surface area contributed by atoms with Crippen LogP contribution in [0, 0.1) is 0 Å². The van der Waals surface area contributed by atoms with Crippen molar-refractivity contribution in [3.63, 3.8) is 0 Å². The summed E-state index contributed by atoms with van der Waals surface area (Å²) in [6, 6.07) is 0. The number of methoxy groups -OCH3 is 2. The Labute approximate surface area is 87.2 Å². The van der Waals surface area contributed by atoms with Crippen LogP contribution in [0.25, 0.3) is 0 Å². The van der Waals surface area contributed by atoms with Gasteiger partial charge in [0.05, 0.1) is 14.2 Å². The summed E-state index contributed by atoms with van der Waals surface area (Å²) in [5, 5.41) is 9.28. The molecule has 72 valence electrons. The number of rotatable bonds is 3. The summed E-state index contributed by atoms with van der Waals surface area (Å²) in [5.41, 5.74) is 0. The number of thiophene rings is 1. The molecule has 13 heavy (non-hydrogen) atoms. The molecule has 0 saturated carbocycles. The second-order valence-corrected chi connectivity index (χ2v) is 3.85. The molecule has 0 bridgehead atoms. The average Bonchev–Trinajstić information content (AvgIpc) is 2.42. The van der Waals surface area contributed by atoms with Gasteiger partial charge in [0.15, 0.2) is 15.7 Å². The lowest BCUT2D eigenvalue weighted by Gasteiger charge is -1.98. The predicted molar refractivity (Wildman–Crippen MR) is 52.1 cm³/mol. The quantitative estimate of drug-likeness (QED) is 0.912. The summed E-state index contributed by atoms with van der Waals surface area (Å²) in [6.45, 7) is 0. The first-order chi connectivity index (χ1) is 6.11. The fourth-order valence-corrected chi connectivity index (χ4v) is 2.54. The lowest BCUT2D eigenvalue weighted by molar-refractivity contribution is 0.0699. The highest BCUT2D eigenvalue weighted by atomic mass is 79.9. The van der Waals surface area contributed by atoms with Crippen LogP contribution in [-0.2, 0) is 0 Å². The molecule has 1 aromatic heterocycles. The number of hydrogen-bond donors (Lipinski definition) is 1. The maximum Gasteiger partial charge on any atom is 0.349 e. The van der Waals surface area contributed by atoms with E-state index in [9.17, 15) is 4.79 Å². The largest absolute Gasteiger partial charge is 0.494 e. The molecule has 0 spiro atoms. The zero-order chi connectivity index (χ0) is 10.0. The molecule has 1 heterocycles. The van der Waals surface area contributed by atoms with Gasteiger partial charge in [0.1, 0.15) is 4.47 Å². The van der Waals surface area contributed by atoms with Crippen molar-refractivity contribution < 1.29 is 19.4 Å². The summed E-state index contributed by atoms with van der Waals surface area (Å²) < 4.78 is 10.4. The van der Waals surface area contributed by atoms with Gasteiger partial charge in [-0.2, -0.15) is 0 Å². The van der Waals surface area contributed by atoms with E-state index in [2.05, 4.69) is 15.9 Å². The SMILES string of the molecule is COc1sc(C(=O)O)c(OC)c1Br. The van der Waals surface area contributed by atoms with Crippen molar-refractivity contribution in [2.24, 2.45) is 0 Å². The minimum atomic E-state index is -1.02. The number of carboxylic acid groups (broad SMARTS) is 1. The van der Waals surface area contributed by atoms with Crippen LogP contribution in [0.1, 0.15) is 9.67 Å². The Morgan fingerprint density at radius 3 is 2.38 bits per heavy atom. The highest BCUT2D eigenvalue weighted by Crippen LogP contribution is 2.44. The van der Waals surface area contributed by atoms with Crippen LogP contribution in [0.3, 0.4) is 0 Å². The smallest absolute Gasteiger partial charge is 0.349 e. The Morgan fingerprint density at radius 1 is 1.46 bits per heavy atom. The van der Waals surface area contributed by atoms with E-state index < -0.39 is 5.97 Å². The molecular formula is C7H7BrO4S. The molecule has 0 atom stereocenters. The number of carboxylic acids is 1. The molecule has 0 unspecified atom stereocenters. The third-order valence-corrected chi connectivity index (χ3v) is 3.47. The molecule has 1 aromatic rings. The molecule has 4 nitrogen and oxygen atoms in total. The van der Waals surface area contributed by atoms with E-state index in [1.165, 1.54) is 14.2 Å². The molecule has 0 fully saturated rings. The Kier molecular flexibility index (Phi) is 3.16. The first kappa shape index (κ1) is 10.3. The van der Waals surface area contributed by atoms with Crippen molar-refractivity contribution in [1.29, 1.82) is 0 Å². The second kappa shape index (κ2) is 3.97. The molecule has 0 aromatic carbocycles. The molecule has 1 N–H and O–H groups in total. The first-order valence-electron chi connectivity index (χ1n) is 3.25. The normalized spacial score (nSPS) is 9.77. The average molecular weight is 267 g/mol. The number of carbonyl (C=O) groups is 1. The molecule has 0 amide bonds. The molecule has 0 saturated heterocycles. The van der Waals surface area contributed by atoms with Gasteiger partial charge in [0.25, 0.3) is 0 Å². The minimum absolute atomic E-state index is 0.131. The van der Waals surface area contributed by atoms with Crippen LogP contribution in [-0.4, -0.2) is 25.3 Å². The Balaban J connectivity index is 3.27. The summed E-state index contributed by atoms with van der Waals surface area (Å²) in [5.74, 6) is -0.722. The third kappa shape index (κ3) is 1.78. The van der Waals surface area contributed by atoms with Crippen molar-refractivity contribution in [3.8, 4) is 10.8 Å². The number of ether oxygens (including phenoxy) is 2. The minimum Gasteiger partial charge on any atom is -0.494 e. The second-order valence-electron chi connectivity index (χ2n) is 2.08. The lowest BCUT2D eigenvalue weighted by Crippen LogP contribution is -1.95. The van der Waals surface area contributed by atoms with Crippen LogP contribution in [0.4, 0.5) is 0 Å². The molecule has 1 rings (SSSR count). The van der Waals surface area contributed by atoms with E-state index in [1.54, 1.807) is 0 Å². The van der Waals surface area contributed by atoms with E-state index in [4.69, 9.17) is 14.6 Å². The molecule has 6 heteroatoms. The molecule has 0 aliphatic heterocycles. The van der Waals surface area contributed by atoms with E-state index in [1.807, 2.05) is 0 Å². The van der Waals surface area contributed by atoms with Gasteiger partial charge in [-0.25, -0.2) is 4.79 Å². The Bertz CT molecular complexity index is 333. The summed E-state index contributed by atoms with van der Waals surface area (Å²) >= 11 is 4.21. The molecule has 0 aliphatic rings. The molecule has 0 aliphatic carbocycles. The van der Waals surface area contributed by atoms with Gasteiger partial charge in [0.2, 0.25) is 0 Å². The maximum atomic E-state index is 10.7. The van der Waals surface area contributed by atoms with Crippen molar-refractivity contribution in [2.45, 2.75) is 0 Å². The highest BCUT2D eigenvalue weighted by molar-refractivity contribution is 9.10. The van der Waals surface area contributed by atoms with Crippen molar-refractivity contribution in [2.75, 3.05) is 14.2 Å². The zero-order valence-electron chi connectivity index (χ0n) is 6.96. The predicted octanol–water partition coefficient (Wildman–Crippen LogP) is 2.23. The fraction of sp³-hybridized carbons (Fsp3) is 0.286. The third-order valence-electron chi connectivity index (χ3n) is 1.36. The summed E-state index contributed by atoms with van der Waals surface area (Å²) in [7, 11) is 2.89. The number of hydrogen-bond acceptors (Lipinski definition) is 4. The van der Waals surface area contributed by atoms with Gasteiger partial charge in [0, 0.05) is 0 Å². The van der Waals surface area contributed by atoms with E-state index in [0.29, 0.717) is 15.3 Å². The zero-order valence-corrected chi connectivity index (χ0v) is 9.36. The van der Waals surface area contributed by atoms with Crippen LogP contribution in [0.5, 0.6) is 10.8 Å². The van der Waals surface area contributed by atoms with Gasteiger partial charge in [-0.05, 0) is 15.9 Å². The lowest BCUT2D eigenvalue weighted by atomic mass is 10.4. The van der Waals surface area contributed by atoms with Crippen LogP contribution in [0.2, 0.25) is 0 Å². The molecule has 0 radical (unpaired) electrons. The van der Waals surface area contributed by atoms with E-state index in [0.717, 1.165) is 11.3 Å². The van der Waals surface area contributed by atoms with Gasteiger partial charge < -0.3 is 14.6 Å². The van der Waals surface area contributed by atoms with E-state index in [-0.39, 0.29) is 4.88 Å². The number of halogens is 1. The van der Waals surface area contributed by atoms with E-state index >= 15 is 0 Å². The van der Waals surface area contributed by atoms with Gasteiger partial charge in [-0.3, -0.25) is 0 Å². The van der Waals surface area contributed by atoms with Crippen LogP contribution < -0.4 is 9.47 Å². The van der Waals surface area contributed by atoms with Gasteiger partial charge in [-0.1, -0.05) is 11.3 Å². The summed E-state index contributed by atoms with van der Waals surface area (Å²) in [6.07, 6.45) is 0. The van der Waals surface area contributed by atoms with Gasteiger partial charge in [-0.15, -0.1) is 0 Å². The monoisotopic (exact) mass is 266 g/mol. The standard InChI is InChI=1S/C7H7BrO4S/c1-11-4-3(8)7(12-2)13-5(4)6(9)10/h1-2H3,(H,9,10). The number of aromatic carboxylic acids is 1. The van der Waals surface area contributed by atoms with Crippen LogP contribution in [0.15, 0.2) is 4.47 Å². The van der Waals surface area contributed by atoms with Gasteiger partial charge >= 0.3 is 5.97 Å². The van der Waals surface area contributed by atoms with Crippen molar-refractivity contribution in [3.05, 3.63) is 9.35 Å². The van der Waals surface area contributed by atoms with Crippen molar-refractivity contribution in [1.82, 2.24) is 0 Å². The molecular weight excluding hydrogens is 260 g/mol. The van der Waals surface area contributed by atoms with Crippen molar-refractivity contribution >= 4 is 33.2 Å². The first-order valence-corrected chi connectivity index (χ1v) is 4.86. The summed E-state index contributed by atoms with van der Waals surface area (Å²) in [4.78, 5) is 10.8. The Morgan fingerprint density at radius 2 is 2.08 bits per heavy atom. The Hall–Kier alpha value is -0.750. The fourth-order valence-electron chi connectivity index (χ4n) is 0.831.